The fourth-order valence-corrected chi connectivity index (χ4v) is 3.96. The molecule has 0 aliphatic carbocycles. The van der Waals surface area contributed by atoms with Crippen molar-refractivity contribution in [2.45, 2.75) is 32.4 Å². The van der Waals surface area contributed by atoms with Crippen LogP contribution in [0.15, 0.2) is 40.8 Å². The summed E-state index contributed by atoms with van der Waals surface area (Å²) in [6, 6.07) is 11.0. The van der Waals surface area contributed by atoms with Crippen molar-refractivity contribution in [1.82, 2.24) is 19.8 Å². The molecular formula is C23H27N5O3. The Morgan fingerprint density at radius 2 is 1.94 bits per heavy atom. The van der Waals surface area contributed by atoms with Gasteiger partial charge in [-0.2, -0.15) is 0 Å². The molecule has 8 heteroatoms. The predicted octanol–water partition coefficient (Wildman–Crippen LogP) is 3.24. The van der Waals surface area contributed by atoms with Crippen LogP contribution in [-0.4, -0.2) is 59.3 Å². The van der Waals surface area contributed by atoms with Crippen molar-refractivity contribution in [3.63, 3.8) is 0 Å². The molecule has 2 amide bonds. The fraction of sp³-hybridized carbons (Fsp3) is 0.391. The molecule has 162 valence electrons. The second kappa shape index (κ2) is 8.37. The van der Waals surface area contributed by atoms with Crippen molar-refractivity contribution in [3.05, 3.63) is 53.7 Å². The Bertz CT molecular complexity index is 1090. The van der Waals surface area contributed by atoms with Crippen LogP contribution >= 0.6 is 0 Å². The number of carbonyl (C=O) groups excluding carboxylic acids is 2. The topological polar surface area (TPSA) is 82.8 Å². The van der Waals surface area contributed by atoms with Gasteiger partial charge in [-0.15, -0.1) is 0 Å². The maximum Gasteiger partial charge on any atom is 0.289 e. The van der Waals surface area contributed by atoms with Crippen LogP contribution in [0.25, 0.3) is 11.0 Å². The summed E-state index contributed by atoms with van der Waals surface area (Å²) < 4.78 is 5.72. The molecule has 1 aromatic carbocycles. The average molecular weight is 422 g/mol. The van der Waals surface area contributed by atoms with Crippen LogP contribution in [0.2, 0.25) is 0 Å². The number of fused-ring (bicyclic) bond motifs is 1. The minimum absolute atomic E-state index is 0.0279. The Morgan fingerprint density at radius 3 is 2.65 bits per heavy atom. The summed E-state index contributed by atoms with van der Waals surface area (Å²) in [5.41, 5.74) is 1.40. The number of anilines is 1. The third kappa shape index (κ3) is 4.23. The van der Waals surface area contributed by atoms with Gasteiger partial charge in [0.25, 0.3) is 5.91 Å². The van der Waals surface area contributed by atoms with Crippen LogP contribution in [-0.2, 0) is 11.3 Å². The SMILES string of the molecule is CC(=O)N1CCCC1c1nc(CN(C)C(=O)c2cc3ccccc3o2)cc(N(C)C)n1. The zero-order valence-electron chi connectivity index (χ0n) is 18.3. The maximum atomic E-state index is 12.9. The summed E-state index contributed by atoms with van der Waals surface area (Å²) in [7, 11) is 5.55. The Morgan fingerprint density at radius 1 is 1.16 bits per heavy atom. The van der Waals surface area contributed by atoms with Crippen LogP contribution < -0.4 is 4.90 Å². The lowest BCUT2D eigenvalue weighted by atomic mass is 10.2. The molecule has 0 spiro atoms. The van der Waals surface area contributed by atoms with Gasteiger partial charge in [0.1, 0.15) is 11.4 Å². The third-order valence-electron chi connectivity index (χ3n) is 5.58. The van der Waals surface area contributed by atoms with E-state index >= 15 is 0 Å². The minimum Gasteiger partial charge on any atom is -0.451 e. The van der Waals surface area contributed by atoms with E-state index < -0.39 is 0 Å². The van der Waals surface area contributed by atoms with Gasteiger partial charge in [0.15, 0.2) is 11.6 Å². The number of nitrogens with zero attached hydrogens (tertiary/aromatic N) is 5. The lowest BCUT2D eigenvalue weighted by Gasteiger charge is -2.24. The molecular weight excluding hydrogens is 394 g/mol. The number of rotatable bonds is 5. The zero-order chi connectivity index (χ0) is 22.1. The molecule has 0 N–H and O–H groups in total. The second-order valence-electron chi connectivity index (χ2n) is 8.15. The number of hydrogen-bond donors (Lipinski definition) is 0. The summed E-state index contributed by atoms with van der Waals surface area (Å²) in [6.07, 6.45) is 1.77. The predicted molar refractivity (Wildman–Crippen MR) is 118 cm³/mol. The molecule has 0 bridgehead atoms. The first kappa shape index (κ1) is 20.8. The van der Waals surface area contributed by atoms with Gasteiger partial charge in [0, 0.05) is 46.1 Å². The van der Waals surface area contributed by atoms with Gasteiger partial charge in [0.2, 0.25) is 5.91 Å². The number of aromatic nitrogens is 2. The number of amides is 2. The van der Waals surface area contributed by atoms with Crippen LogP contribution in [0.4, 0.5) is 5.82 Å². The summed E-state index contributed by atoms with van der Waals surface area (Å²) in [6.45, 7) is 2.60. The first-order valence-electron chi connectivity index (χ1n) is 10.4. The van der Waals surface area contributed by atoms with Gasteiger partial charge in [-0.3, -0.25) is 9.59 Å². The molecule has 1 aliphatic heterocycles. The summed E-state index contributed by atoms with van der Waals surface area (Å²) in [5, 5.41) is 0.893. The molecule has 1 aliphatic rings. The summed E-state index contributed by atoms with van der Waals surface area (Å²) >= 11 is 0. The molecule has 3 aromatic rings. The molecule has 0 radical (unpaired) electrons. The van der Waals surface area contributed by atoms with Crippen LogP contribution in [0.5, 0.6) is 0 Å². The van der Waals surface area contributed by atoms with Crippen molar-refractivity contribution < 1.29 is 14.0 Å². The Kier molecular flexibility index (Phi) is 5.63. The highest BCUT2D eigenvalue weighted by molar-refractivity contribution is 5.95. The molecule has 2 aromatic heterocycles. The van der Waals surface area contributed by atoms with Gasteiger partial charge in [0.05, 0.1) is 18.3 Å². The number of benzene rings is 1. The quantitative estimate of drug-likeness (QED) is 0.629. The standard InChI is InChI=1S/C23H27N5O3/c1-15(29)28-11-7-9-18(28)22-24-17(13-21(25-22)26(2)3)14-27(4)23(30)20-12-16-8-5-6-10-19(16)31-20/h5-6,8,10,12-13,18H,7,9,11,14H2,1-4H3. The van der Waals surface area contributed by atoms with Crippen LogP contribution in [0, 0.1) is 0 Å². The highest BCUT2D eigenvalue weighted by Crippen LogP contribution is 2.31. The van der Waals surface area contributed by atoms with Crippen molar-refractivity contribution in [3.8, 4) is 0 Å². The fourth-order valence-electron chi connectivity index (χ4n) is 3.96. The Labute approximate surface area is 181 Å². The molecule has 0 saturated carbocycles. The molecule has 1 unspecified atom stereocenters. The number of carbonyl (C=O) groups is 2. The molecule has 8 nitrogen and oxygen atoms in total. The minimum atomic E-state index is -0.214. The van der Waals surface area contributed by atoms with E-state index in [2.05, 4.69) is 4.98 Å². The van der Waals surface area contributed by atoms with E-state index in [1.807, 2.05) is 54.2 Å². The van der Waals surface area contributed by atoms with E-state index in [1.54, 1.807) is 24.9 Å². The molecule has 1 atom stereocenters. The number of furan rings is 1. The largest absolute Gasteiger partial charge is 0.451 e. The van der Waals surface area contributed by atoms with Crippen molar-refractivity contribution in [2.75, 3.05) is 32.6 Å². The lowest BCUT2D eigenvalue weighted by Crippen LogP contribution is -2.30. The van der Waals surface area contributed by atoms with E-state index in [0.717, 1.165) is 36.3 Å². The highest BCUT2D eigenvalue weighted by atomic mass is 16.3. The zero-order valence-corrected chi connectivity index (χ0v) is 18.3. The van der Waals surface area contributed by atoms with E-state index in [-0.39, 0.29) is 17.9 Å². The maximum absolute atomic E-state index is 12.9. The average Bonchev–Trinajstić information content (AvgIpc) is 3.40. The van der Waals surface area contributed by atoms with Gasteiger partial charge in [-0.1, -0.05) is 18.2 Å². The van der Waals surface area contributed by atoms with Gasteiger partial charge >= 0.3 is 0 Å². The molecule has 4 rings (SSSR count). The van der Waals surface area contributed by atoms with Crippen molar-refractivity contribution in [2.24, 2.45) is 0 Å². The van der Waals surface area contributed by atoms with E-state index in [4.69, 9.17) is 9.40 Å². The van der Waals surface area contributed by atoms with Gasteiger partial charge in [-0.05, 0) is 25.0 Å². The first-order valence-corrected chi connectivity index (χ1v) is 10.4. The molecule has 31 heavy (non-hydrogen) atoms. The monoisotopic (exact) mass is 421 g/mol. The van der Waals surface area contributed by atoms with Crippen molar-refractivity contribution in [1.29, 1.82) is 0 Å². The summed E-state index contributed by atoms with van der Waals surface area (Å²) in [5.74, 6) is 1.48. The Balaban J connectivity index is 1.60. The van der Waals surface area contributed by atoms with Gasteiger partial charge in [-0.25, -0.2) is 9.97 Å². The van der Waals surface area contributed by atoms with Crippen molar-refractivity contribution >= 4 is 28.6 Å². The van der Waals surface area contributed by atoms with Crippen LogP contribution in [0.3, 0.4) is 0 Å². The number of para-hydroxylation sites is 1. The van der Waals surface area contributed by atoms with E-state index in [1.165, 1.54) is 0 Å². The highest BCUT2D eigenvalue weighted by Gasteiger charge is 2.31. The van der Waals surface area contributed by atoms with E-state index in [9.17, 15) is 9.59 Å². The second-order valence-corrected chi connectivity index (χ2v) is 8.15. The third-order valence-corrected chi connectivity index (χ3v) is 5.58. The number of likely N-dealkylation sites (tertiary alicyclic amines) is 1. The molecule has 3 heterocycles. The smallest absolute Gasteiger partial charge is 0.289 e. The lowest BCUT2D eigenvalue weighted by molar-refractivity contribution is -0.129. The van der Waals surface area contributed by atoms with E-state index in [0.29, 0.717) is 23.7 Å². The number of hydrogen-bond acceptors (Lipinski definition) is 6. The van der Waals surface area contributed by atoms with Crippen LogP contribution in [0.1, 0.15) is 47.9 Å². The Hall–Kier alpha value is -3.42. The van der Waals surface area contributed by atoms with Gasteiger partial charge < -0.3 is 19.1 Å². The summed E-state index contributed by atoms with van der Waals surface area (Å²) in [4.78, 5) is 39.7. The molecule has 1 fully saturated rings. The molecule has 1 saturated heterocycles. The first-order chi connectivity index (χ1) is 14.8. The normalized spacial score (nSPS) is 16.0.